The van der Waals surface area contributed by atoms with E-state index in [1.807, 2.05) is 12.1 Å². The fourth-order valence-corrected chi connectivity index (χ4v) is 3.46. The van der Waals surface area contributed by atoms with Crippen molar-refractivity contribution in [3.63, 3.8) is 0 Å². The zero-order valence-corrected chi connectivity index (χ0v) is 15.3. The molecule has 0 spiro atoms. The predicted molar refractivity (Wildman–Crippen MR) is 99.9 cm³/mol. The molecule has 5 heteroatoms. The Hall–Kier alpha value is -2.95. The Labute approximate surface area is 157 Å². The fourth-order valence-electron chi connectivity index (χ4n) is 3.46. The van der Waals surface area contributed by atoms with Crippen molar-refractivity contribution in [1.29, 1.82) is 0 Å². The van der Waals surface area contributed by atoms with Gasteiger partial charge in [0.2, 0.25) is 0 Å². The lowest BCUT2D eigenvalue weighted by atomic mass is 9.73. The van der Waals surface area contributed by atoms with E-state index in [2.05, 4.69) is 0 Å². The van der Waals surface area contributed by atoms with Crippen molar-refractivity contribution in [1.82, 2.24) is 0 Å². The average Bonchev–Trinajstić information content (AvgIpc) is 2.68. The minimum absolute atomic E-state index is 0.168. The molecule has 0 bridgehead atoms. The summed E-state index contributed by atoms with van der Waals surface area (Å²) in [5.74, 6) is -2.35. The summed E-state index contributed by atoms with van der Waals surface area (Å²) in [6.45, 7) is 1.85. The first kappa shape index (κ1) is 18.8. The topological polar surface area (TPSA) is 52.6 Å². The molecule has 0 radical (unpaired) electrons. The van der Waals surface area contributed by atoms with Crippen LogP contribution in [0.15, 0.2) is 54.6 Å². The maximum absolute atomic E-state index is 14.5. The molecule has 2 unspecified atom stereocenters. The number of rotatable bonds is 5. The van der Waals surface area contributed by atoms with Crippen molar-refractivity contribution in [2.45, 2.75) is 19.3 Å². The van der Waals surface area contributed by atoms with E-state index in [4.69, 9.17) is 9.47 Å². The van der Waals surface area contributed by atoms with Crippen LogP contribution in [0.5, 0.6) is 5.75 Å². The number of esters is 1. The van der Waals surface area contributed by atoms with Crippen LogP contribution in [-0.4, -0.2) is 25.5 Å². The zero-order valence-electron chi connectivity index (χ0n) is 15.3. The number of hydrogen-bond donors (Lipinski definition) is 0. The summed E-state index contributed by atoms with van der Waals surface area (Å²) < 4.78 is 24.7. The lowest BCUT2D eigenvalue weighted by Crippen LogP contribution is -2.34. The third-order valence-corrected chi connectivity index (χ3v) is 4.77. The van der Waals surface area contributed by atoms with E-state index in [-0.39, 0.29) is 12.4 Å². The van der Waals surface area contributed by atoms with E-state index in [1.165, 1.54) is 12.1 Å². The van der Waals surface area contributed by atoms with Gasteiger partial charge in [-0.3, -0.25) is 9.59 Å². The normalized spacial score (nSPS) is 19.4. The van der Waals surface area contributed by atoms with Gasteiger partial charge in [-0.15, -0.1) is 0 Å². The van der Waals surface area contributed by atoms with Gasteiger partial charge in [-0.05, 0) is 54.3 Å². The van der Waals surface area contributed by atoms with Crippen LogP contribution >= 0.6 is 0 Å². The molecular formula is C22H21FO4. The van der Waals surface area contributed by atoms with E-state index >= 15 is 0 Å². The summed E-state index contributed by atoms with van der Waals surface area (Å²) >= 11 is 0. The van der Waals surface area contributed by atoms with Gasteiger partial charge < -0.3 is 9.47 Å². The van der Waals surface area contributed by atoms with E-state index in [0.717, 1.165) is 11.1 Å². The Morgan fingerprint density at radius 2 is 1.85 bits per heavy atom. The van der Waals surface area contributed by atoms with E-state index in [1.54, 1.807) is 44.4 Å². The molecule has 0 aromatic heterocycles. The summed E-state index contributed by atoms with van der Waals surface area (Å²) in [6, 6.07) is 13.6. The molecule has 0 amide bonds. The highest BCUT2D eigenvalue weighted by Gasteiger charge is 2.40. The van der Waals surface area contributed by atoms with Gasteiger partial charge in [0, 0.05) is 5.92 Å². The number of allylic oxidation sites excluding steroid dienone is 2. The maximum Gasteiger partial charge on any atom is 0.317 e. The number of ketones is 1. The van der Waals surface area contributed by atoms with Crippen molar-refractivity contribution in [2.24, 2.45) is 5.92 Å². The first-order valence-electron chi connectivity index (χ1n) is 8.85. The van der Waals surface area contributed by atoms with Gasteiger partial charge in [0.05, 0.1) is 13.7 Å². The standard InChI is InChI=1S/C22H21FO4/c1-3-27-22(25)21-18(17-6-4-5-7-19(17)23)12-15(13-20(21)24)14-8-10-16(26-2)11-9-14/h4-11,13,18,21H,3,12H2,1-2H3. The Balaban J connectivity index is 2.02. The number of hydrogen-bond acceptors (Lipinski definition) is 4. The second kappa shape index (κ2) is 8.16. The summed E-state index contributed by atoms with van der Waals surface area (Å²) in [7, 11) is 1.58. The number of benzene rings is 2. The Bertz CT molecular complexity index is 870. The first-order valence-corrected chi connectivity index (χ1v) is 8.85. The van der Waals surface area contributed by atoms with Gasteiger partial charge in [-0.1, -0.05) is 30.3 Å². The highest BCUT2D eigenvalue weighted by Crippen LogP contribution is 2.41. The van der Waals surface area contributed by atoms with Crippen LogP contribution in [0.4, 0.5) is 4.39 Å². The van der Waals surface area contributed by atoms with Crippen molar-refractivity contribution in [3.8, 4) is 5.75 Å². The summed E-state index contributed by atoms with van der Waals surface area (Å²) in [4.78, 5) is 25.2. The van der Waals surface area contributed by atoms with Gasteiger partial charge in [0.25, 0.3) is 0 Å². The second-order valence-corrected chi connectivity index (χ2v) is 6.36. The predicted octanol–water partition coefficient (Wildman–Crippen LogP) is 4.15. The van der Waals surface area contributed by atoms with Crippen molar-refractivity contribution in [2.75, 3.05) is 13.7 Å². The summed E-state index contributed by atoms with van der Waals surface area (Å²) in [6.07, 6.45) is 1.84. The molecule has 4 nitrogen and oxygen atoms in total. The van der Waals surface area contributed by atoms with Crippen LogP contribution in [0.2, 0.25) is 0 Å². The molecular weight excluding hydrogens is 347 g/mol. The van der Waals surface area contributed by atoms with Gasteiger partial charge in [0.1, 0.15) is 17.5 Å². The number of halogens is 1. The first-order chi connectivity index (χ1) is 13.0. The van der Waals surface area contributed by atoms with E-state index in [0.29, 0.717) is 17.7 Å². The van der Waals surface area contributed by atoms with Crippen molar-refractivity contribution in [3.05, 3.63) is 71.6 Å². The van der Waals surface area contributed by atoms with Crippen LogP contribution in [0.3, 0.4) is 0 Å². The van der Waals surface area contributed by atoms with Gasteiger partial charge in [0.15, 0.2) is 5.78 Å². The highest BCUT2D eigenvalue weighted by molar-refractivity contribution is 6.10. The molecule has 0 N–H and O–H groups in total. The molecule has 1 aliphatic carbocycles. The Morgan fingerprint density at radius 1 is 1.15 bits per heavy atom. The molecule has 2 aromatic carbocycles. The van der Waals surface area contributed by atoms with Crippen LogP contribution in [0.1, 0.15) is 30.4 Å². The minimum atomic E-state index is -1.04. The van der Waals surface area contributed by atoms with Gasteiger partial charge in [-0.2, -0.15) is 0 Å². The smallest absolute Gasteiger partial charge is 0.317 e. The monoisotopic (exact) mass is 368 g/mol. The SMILES string of the molecule is CCOC(=O)C1C(=O)C=C(c2ccc(OC)cc2)CC1c1ccccc1F. The van der Waals surface area contributed by atoms with Gasteiger partial charge in [-0.25, -0.2) is 4.39 Å². The highest BCUT2D eigenvalue weighted by atomic mass is 19.1. The second-order valence-electron chi connectivity index (χ2n) is 6.36. The quantitative estimate of drug-likeness (QED) is 0.588. The Morgan fingerprint density at radius 3 is 2.48 bits per heavy atom. The van der Waals surface area contributed by atoms with Gasteiger partial charge >= 0.3 is 5.97 Å². The summed E-state index contributed by atoms with van der Waals surface area (Å²) in [5.41, 5.74) is 1.95. The molecule has 0 aliphatic heterocycles. The summed E-state index contributed by atoms with van der Waals surface area (Å²) in [5, 5.41) is 0. The number of methoxy groups -OCH3 is 1. The molecule has 0 saturated heterocycles. The number of carbonyl (C=O) groups excluding carboxylic acids is 2. The van der Waals surface area contributed by atoms with E-state index in [9.17, 15) is 14.0 Å². The molecule has 0 fully saturated rings. The number of ether oxygens (including phenoxy) is 2. The molecule has 3 rings (SSSR count). The third kappa shape index (κ3) is 3.92. The molecule has 140 valence electrons. The van der Waals surface area contributed by atoms with E-state index < -0.39 is 23.6 Å². The molecule has 2 atom stereocenters. The van der Waals surface area contributed by atoms with Crippen molar-refractivity contribution >= 4 is 17.3 Å². The van der Waals surface area contributed by atoms with Crippen LogP contribution in [0, 0.1) is 11.7 Å². The van der Waals surface area contributed by atoms with Crippen LogP contribution in [-0.2, 0) is 14.3 Å². The lowest BCUT2D eigenvalue weighted by Gasteiger charge is -2.29. The minimum Gasteiger partial charge on any atom is -0.497 e. The fraction of sp³-hybridized carbons (Fsp3) is 0.273. The van der Waals surface area contributed by atoms with Crippen molar-refractivity contribution < 1.29 is 23.5 Å². The largest absolute Gasteiger partial charge is 0.497 e. The molecule has 27 heavy (non-hydrogen) atoms. The Kier molecular flexibility index (Phi) is 5.69. The average molecular weight is 368 g/mol. The molecule has 0 heterocycles. The third-order valence-electron chi connectivity index (χ3n) is 4.77. The molecule has 2 aromatic rings. The zero-order chi connectivity index (χ0) is 19.4. The molecule has 0 saturated carbocycles. The van der Waals surface area contributed by atoms with Crippen LogP contribution < -0.4 is 4.74 Å². The lowest BCUT2D eigenvalue weighted by molar-refractivity contribution is -0.151. The van der Waals surface area contributed by atoms with Crippen LogP contribution in [0.25, 0.3) is 5.57 Å². The molecule has 1 aliphatic rings. The number of carbonyl (C=O) groups is 2. The maximum atomic E-state index is 14.5.